The van der Waals surface area contributed by atoms with Crippen LogP contribution in [0.5, 0.6) is 0 Å². The van der Waals surface area contributed by atoms with E-state index in [0.29, 0.717) is 30.4 Å². The Kier molecular flexibility index (Phi) is 6.80. The van der Waals surface area contributed by atoms with Crippen LogP contribution in [-0.4, -0.2) is 71.6 Å². The fraction of sp³-hybridized carbons (Fsp3) is 0.345. The first-order valence-corrected chi connectivity index (χ1v) is 14.2. The highest BCUT2D eigenvalue weighted by atomic mass is 32.2. The predicted molar refractivity (Wildman–Crippen MR) is 156 cm³/mol. The van der Waals surface area contributed by atoms with E-state index in [-0.39, 0.29) is 17.8 Å². The van der Waals surface area contributed by atoms with Gasteiger partial charge in [0.25, 0.3) is 0 Å². The summed E-state index contributed by atoms with van der Waals surface area (Å²) < 4.78 is 23.8. The van der Waals surface area contributed by atoms with E-state index in [9.17, 15) is 9.18 Å². The molecule has 1 aromatic carbocycles. The second-order valence-electron chi connectivity index (χ2n) is 11.3. The van der Waals surface area contributed by atoms with Crippen LogP contribution < -0.4 is 4.90 Å². The highest BCUT2D eigenvalue weighted by Crippen LogP contribution is 2.32. The van der Waals surface area contributed by atoms with E-state index < -0.39 is 11.4 Å². The van der Waals surface area contributed by atoms with Gasteiger partial charge in [0, 0.05) is 66.5 Å². The van der Waals surface area contributed by atoms with Gasteiger partial charge >= 0.3 is 6.09 Å². The number of rotatable bonds is 4. The molecular weight excluding hydrogens is 543 g/mol. The van der Waals surface area contributed by atoms with Crippen LogP contribution in [0.2, 0.25) is 0 Å². The summed E-state index contributed by atoms with van der Waals surface area (Å²) in [5.41, 5.74) is 3.01. The number of aromatic nitrogens is 6. The standard InChI is InChI=1S/C29H31FN8O2S/c1-18-15-36(28(39)40-29(2,3)4)8-9-37(18)22-10-19-11-23(6-7-25(19)31-14-22)41-27-34-33-26-24(30)12-20(17-38(26)27)21-13-32-35(5)16-21/h6-7,10-14,16-18H,8-9,15H2,1-5H3/t18-/m0/s1. The summed E-state index contributed by atoms with van der Waals surface area (Å²) in [5.74, 6) is -0.445. The zero-order valence-electron chi connectivity index (χ0n) is 23.6. The van der Waals surface area contributed by atoms with Gasteiger partial charge in [-0.25, -0.2) is 9.18 Å². The molecule has 5 aromatic rings. The van der Waals surface area contributed by atoms with Gasteiger partial charge in [-0.05, 0) is 69.8 Å². The molecular formula is C29H31FN8O2S. The van der Waals surface area contributed by atoms with Crippen LogP contribution in [0.25, 0.3) is 27.7 Å². The minimum atomic E-state index is -0.524. The van der Waals surface area contributed by atoms with Crippen molar-refractivity contribution in [3.8, 4) is 11.1 Å². The maximum absolute atomic E-state index is 14.9. The SMILES string of the molecule is C[C@H]1CN(C(=O)OC(C)(C)C)CCN1c1cnc2ccc(Sc3nnc4c(F)cc(-c5cnn(C)c5)cn34)cc2c1. The third-order valence-corrected chi connectivity index (χ3v) is 7.88. The Morgan fingerprint density at radius 3 is 2.63 bits per heavy atom. The number of hydrogen-bond donors (Lipinski definition) is 0. The summed E-state index contributed by atoms with van der Waals surface area (Å²) in [5, 5.41) is 14.1. The number of carbonyl (C=O) groups is 1. The summed E-state index contributed by atoms with van der Waals surface area (Å²) in [6.07, 6.45) is 6.96. The normalized spacial score (nSPS) is 16.1. The zero-order chi connectivity index (χ0) is 28.9. The molecule has 0 N–H and O–H groups in total. The number of anilines is 1. The monoisotopic (exact) mass is 574 g/mol. The van der Waals surface area contributed by atoms with Crippen LogP contribution in [0.4, 0.5) is 14.9 Å². The van der Waals surface area contributed by atoms with Gasteiger partial charge in [-0.2, -0.15) is 5.10 Å². The van der Waals surface area contributed by atoms with Crippen LogP contribution in [-0.2, 0) is 11.8 Å². The molecule has 6 rings (SSSR count). The number of nitrogens with zero attached hydrogens (tertiary/aromatic N) is 8. The molecule has 0 spiro atoms. The lowest BCUT2D eigenvalue weighted by atomic mass is 10.1. The van der Waals surface area contributed by atoms with Crippen molar-refractivity contribution in [3.05, 3.63) is 60.9 Å². The largest absolute Gasteiger partial charge is 0.444 e. The molecule has 1 saturated heterocycles. The molecule has 0 radical (unpaired) electrons. The first-order chi connectivity index (χ1) is 19.5. The Balaban J connectivity index is 1.24. The number of fused-ring (bicyclic) bond motifs is 2. The number of hydrogen-bond acceptors (Lipinski definition) is 8. The Morgan fingerprint density at radius 1 is 1.07 bits per heavy atom. The molecule has 5 heterocycles. The molecule has 1 amide bonds. The summed E-state index contributed by atoms with van der Waals surface area (Å²) in [4.78, 5) is 22.2. The van der Waals surface area contributed by atoms with Gasteiger partial charge in [0.15, 0.2) is 11.5 Å². The van der Waals surface area contributed by atoms with Gasteiger partial charge in [-0.15, -0.1) is 10.2 Å². The fourth-order valence-electron chi connectivity index (χ4n) is 4.99. The lowest BCUT2D eigenvalue weighted by molar-refractivity contribution is 0.0219. The smallest absolute Gasteiger partial charge is 0.410 e. The fourth-order valence-corrected chi connectivity index (χ4v) is 5.84. The van der Waals surface area contributed by atoms with Crippen LogP contribution in [0.1, 0.15) is 27.7 Å². The molecule has 4 aromatic heterocycles. The minimum Gasteiger partial charge on any atom is -0.444 e. The second kappa shape index (κ2) is 10.3. The number of aryl methyl sites for hydroxylation is 1. The molecule has 212 valence electrons. The van der Waals surface area contributed by atoms with E-state index in [4.69, 9.17) is 9.72 Å². The number of ether oxygens (including phenoxy) is 1. The highest BCUT2D eigenvalue weighted by molar-refractivity contribution is 7.99. The first kappa shape index (κ1) is 27.0. The molecule has 0 saturated carbocycles. The maximum atomic E-state index is 14.9. The van der Waals surface area contributed by atoms with E-state index in [1.54, 1.807) is 20.2 Å². The predicted octanol–water partition coefficient (Wildman–Crippen LogP) is 5.41. The molecule has 12 heteroatoms. The third-order valence-electron chi connectivity index (χ3n) is 6.93. The van der Waals surface area contributed by atoms with Gasteiger partial charge < -0.3 is 14.5 Å². The number of halogens is 1. The van der Waals surface area contributed by atoms with Crippen molar-refractivity contribution in [1.29, 1.82) is 0 Å². The average molecular weight is 575 g/mol. The van der Waals surface area contributed by atoms with Gasteiger partial charge in [0.1, 0.15) is 5.60 Å². The Morgan fingerprint density at radius 2 is 1.90 bits per heavy atom. The van der Waals surface area contributed by atoms with Crippen LogP contribution in [0.15, 0.2) is 65.2 Å². The Hall–Kier alpha value is -4.19. The van der Waals surface area contributed by atoms with E-state index in [1.807, 2.05) is 58.5 Å². The van der Waals surface area contributed by atoms with E-state index in [0.717, 1.165) is 27.0 Å². The number of pyridine rings is 2. The summed E-state index contributed by atoms with van der Waals surface area (Å²) >= 11 is 1.41. The van der Waals surface area contributed by atoms with Gasteiger partial charge in [0.05, 0.1) is 23.6 Å². The number of benzene rings is 1. The highest BCUT2D eigenvalue weighted by Gasteiger charge is 2.30. The lowest BCUT2D eigenvalue weighted by Gasteiger charge is -2.41. The number of carbonyl (C=O) groups excluding carboxylic acids is 1. The molecule has 41 heavy (non-hydrogen) atoms. The molecule has 1 fully saturated rings. The summed E-state index contributed by atoms with van der Waals surface area (Å²) in [7, 11) is 1.82. The molecule has 1 aliphatic heterocycles. The number of amides is 1. The van der Waals surface area contributed by atoms with Crippen molar-refractivity contribution in [1.82, 2.24) is 34.3 Å². The van der Waals surface area contributed by atoms with E-state index in [1.165, 1.54) is 17.8 Å². The maximum Gasteiger partial charge on any atom is 0.410 e. The molecule has 0 aliphatic carbocycles. The Bertz CT molecular complexity index is 1760. The molecule has 10 nitrogen and oxygen atoms in total. The van der Waals surface area contributed by atoms with Crippen molar-refractivity contribution in [2.75, 3.05) is 24.5 Å². The molecule has 0 unspecified atom stereocenters. The van der Waals surface area contributed by atoms with E-state index >= 15 is 0 Å². The first-order valence-electron chi connectivity index (χ1n) is 13.4. The average Bonchev–Trinajstić information content (AvgIpc) is 3.53. The van der Waals surface area contributed by atoms with Crippen molar-refractivity contribution >= 4 is 40.1 Å². The van der Waals surface area contributed by atoms with Crippen molar-refractivity contribution in [2.45, 2.75) is 49.4 Å². The van der Waals surface area contributed by atoms with E-state index in [2.05, 4.69) is 39.3 Å². The van der Waals surface area contributed by atoms with Crippen LogP contribution >= 0.6 is 11.8 Å². The minimum absolute atomic E-state index is 0.0966. The van der Waals surface area contributed by atoms with Crippen LogP contribution in [0, 0.1) is 5.82 Å². The van der Waals surface area contributed by atoms with Gasteiger partial charge in [0.2, 0.25) is 5.16 Å². The molecule has 0 bridgehead atoms. The lowest BCUT2D eigenvalue weighted by Crippen LogP contribution is -2.54. The zero-order valence-corrected chi connectivity index (χ0v) is 24.4. The van der Waals surface area contributed by atoms with Crippen molar-refractivity contribution in [3.63, 3.8) is 0 Å². The molecule has 1 atom stereocenters. The summed E-state index contributed by atoms with van der Waals surface area (Å²) in [6, 6.07) is 9.67. The quantitative estimate of drug-likeness (QED) is 0.281. The van der Waals surface area contributed by atoms with Gasteiger partial charge in [-0.1, -0.05) is 0 Å². The summed E-state index contributed by atoms with van der Waals surface area (Å²) in [6.45, 7) is 9.55. The van der Waals surface area contributed by atoms with Crippen molar-refractivity contribution in [2.24, 2.45) is 7.05 Å². The van der Waals surface area contributed by atoms with Crippen LogP contribution in [0.3, 0.4) is 0 Å². The van der Waals surface area contributed by atoms with Gasteiger partial charge in [-0.3, -0.25) is 14.1 Å². The second-order valence-corrected chi connectivity index (χ2v) is 12.3. The molecule has 1 aliphatic rings. The third kappa shape index (κ3) is 5.56. The topological polar surface area (TPSA) is 93.7 Å². The Labute approximate surface area is 241 Å². The van der Waals surface area contributed by atoms with Crippen molar-refractivity contribution < 1.29 is 13.9 Å². The number of piperazine rings is 1.